The Bertz CT molecular complexity index is 1330. The Kier molecular flexibility index (Phi) is 18.6. The number of H-pyrrole nitrogens is 1. The second-order valence-corrected chi connectivity index (χ2v) is 12.8. The summed E-state index contributed by atoms with van der Waals surface area (Å²) in [5, 5.41) is 24.6. The van der Waals surface area contributed by atoms with Crippen molar-refractivity contribution >= 4 is 47.4 Å². The van der Waals surface area contributed by atoms with Crippen LogP contribution in [0.4, 0.5) is 0 Å². The van der Waals surface area contributed by atoms with Crippen molar-refractivity contribution in [3.8, 4) is 0 Å². The molecule has 280 valence electrons. The number of nitrogens with zero attached hydrogens (tertiary/aromatic N) is 2. The number of carboxylic acids is 1. The minimum atomic E-state index is -1.27. The topological polar surface area (TPSA) is 305 Å². The number of rotatable bonds is 22. The fraction of sp³-hybridized carbons (Fsp3) is 0.645. The van der Waals surface area contributed by atoms with Crippen LogP contribution in [0.5, 0.6) is 0 Å². The Morgan fingerprint density at radius 2 is 1.38 bits per heavy atom. The smallest absolute Gasteiger partial charge is 0.326 e. The average molecular weight is 708 g/mol. The first-order valence-corrected chi connectivity index (χ1v) is 16.4. The lowest BCUT2D eigenvalue weighted by molar-refractivity contribution is -0.142. The molecule has 1 aromatic heterocycles. The number of carboxylic acid groups (broad SMARTS) is 1. The van der Waals surface area contributed by atoms with Crippen molar-refractivity contribution < 1.29 is 38.7 Å². The number of aliphatic imine (C=N–C) groups is 1. The number of nitrogens with two attached hydrogens (primary N) is 2. The van der Waals surface area contributed by atoms with Gasteiger partial charge in [-0.25, -0.2) is 9.78 Å². The zero-order valence-corrected chi connectivity index (χ0v) is 29.5. The van der Waals surface area contributed by atoms with Crippen LogP contribution in [0.1, 0.15) is 72.9 Å². The molecule has 0 aromatic carbocycles. The van der Waals surface area contributed by atoms with E-state index in [0.29, 0.717) is 5.69 Å². The number of aromatic amines is 1. The van der Waals surface area contributed by atoms with Gasteiger partial charge in [-0.3, -0.25) is 33.8 Å². The third-order valence-electron chi connectivity index (χ3n) is 7.11. The predicted molar refractivity (Wildman–Crippen MR) is 183 cm³/mol. The molecule has 1 heterocycles. The lowest BCUT2D eigenvalue weighted by Gasteiger charge is -2.25. The molecule has 5 atom stereocenters. The molecule has 19 nitrogen and oxygen atoms in total. The number of nitrogens with one attached hydrogen (secondary N) is 7. The first-order valence-electron chi connectivity index (χ1n) is 16.4. The van der Waals surface area contributed by atoms with Crippen LogP contribution < -0.4 is 43.4 Å². The van der Waals surface area contributed by atoms with Crippen LogP contribution in [0.2, 0.25) is 0 Å². The van der Waals surface area contributed by atoms with E-state index in [1.165, 1.54) is 26.4 Å². The van der Waals surface area contributed by atoms with E-state index in [2.05, 4.69) is 46.9 Å². The van der Waals surface area contributed by atoms with Crippen molar-refractivity contribution in [3.63, 3.8) is 0 Å². The summed E-state index contributed by atoms with van der Waals surface area (Å²) in [5.74, 6) is -5.34. The van der Waals surface area contributed by atoms with Gasteiger partial charge in [-0.1, -0.05) is 27.7 Å². The summed E-state index contributed by atoms with van der Waals surface area (Å²) in [6, 6.07) is -5.52. The molecule has 0 saturated heterocycles. The van der Waals surface area contributed by atoms with Crippen molar-refractivity contribution in [3.05, 3.63) is 18.2 Å². The van der Waals surface area contributed by atoms with Crippen molar-refractivity contribution in [2.45, 2.75) is 104 Å². The van der Waals surface area contributed by atoms with E-state index in [1.807, 2.05) is 27.7 Å². The minimum Gasteiger partial charge on any atom is -0.480 e. The number of aromatic nitrogens is 2. The van der Waals surface area contributed by atoms with E-state index in [1.54, 1.807) is 0 Å². The highest BCUT2D eigenvalue weighted by molar-refractivity contribution is 5.95. The molecule has 0 spiro atoms. The molecule has 0 aliphatic carbocycles. The molecule has 12 N–H and O–H groups in total. The van der Waals surface area contributed by atoms with Crippen molar-refractivity contribution in [2.75, 3.05) is 13.1 Å². The van der Waals surface area contributed by atoms with E-state index < -0.39 is 78.2 Å². The van der Waals surface area contributed by atoms with Gasteiger partial charge >= 0.3 is 5.97 Å². The zero-order chi connectivity index (χ0) is 38.0. The van der Waals surface area contributed by atoms with Gasteiger partial charge in [-0.2, -0.15) is 0 Å². The highest BCUT2D eigenvalue weighted by Gasteiger charge is 2.30. The predicted octanol–water partition coefficient (Wildman–Crippen LogP) is -2.24. The lowest BCUT2D eigenvalue weighted by Crippen LogP contribution is -2.57. The maximum atomic E-state index is 13.2. The molecule has 6 amide bonds. The van der Waals surface area contributed by atoms with Crippen molar-refractivity contribution in [2.24, 2.45) is 28.3 Å². The Morgan fingerprint density at radius 3 is 1.90 bits per heavy atom. The molecule has 0 aliphatic rings. The molecule has 50 heavy (non-hydrogen) atoms. The average Bonchev–Trinajstić information content (AvgIpc) is 3.52. The number of guanidine groups is 1. The molecule has 0 saturated carbocycles. The normalized spacial score (nSPS) is 13.9. The van der Waals surface area contributed by atoms with Crippen LogP contribution in [-0.4, -0.2) is 106 Å². The molecule has 0 fully saturated rings. The van der Waals surface area contributed by atoms with Crippen LogP contribution in [0, 0.1) is 11.8 Å². The number of carbonyl (C=O) groups excluding carboxylic acids is 6. The summed E-state index contributed by atoms with van der Waals surface area (Å²) < 4.78 is 0. The SMILES string of the molecule is CC(=O)N[C@@H](Cc1cnc[nH]1)C(=O)N[C@@H](CC(C)C)C(=O)NCC(=O)N[C@@H](CC(C)C)C(=O)N[C@@H](C)C(=O)N[C@@H](CCCN=C(N)N)C(=O)O. The van der Waals surface area contributed by atoms with E-state index in [9.17, 15) is 38.7 Å². The fourth-order valence-electron chi connectivity index (χ4n) is 4.72. The molecule has 0 bridgehead atoms. The highest BCUT2D eigenvalue weighted by atomic mass is 16.4. The first kappa shape index (κ1) is 42.8. The summed E-state index contributed by atoms with van der Waals surface area (Å²) in [6.45, 7) is 9.63. The van der Waals surface area contributed by atoms with Crippen LogP contribution in [0.15, 0.2) is 17.5 Å². The first-order chi connectivity index (χ1) is 23.4. The molecular weight excluding hydrogens is 654 g/mol. The number of imidazole rings is 1. The standard InChI is InChI=1S/C31H53N11O8/c1-16(2)10-22(42-29(48)24(39-19(6)43)12-20-13-34-15-37-20)27(46)36-14-25(44)40-23(11-17(3)4)28(47)38-18(5)26(45)41-21(30(49)50)8-7-9-35-31(32)33/h13,15-18,21-24H,7-12,14H2,1-6H3,(H,34,37)(H,36,46)(H,38,47)(H,39,43)(H,40,44)(H,41,45)(H,42,48)(H,49,50)(H4,32,33,35)/t18-,21-,22-,23-,24-/m0/s1. The summed E-state index contributed by atoms with van der Waals surface area (Å²) in [5.41, 5.74) is 11.1. The summed E-state index contributed by atoms with van der Waals surface area (Å²) in [7, 11) is 0. The van der Waals surface area contributed by atoms with Gasteiger partial charge in [-0.15, -0.1) is 0 Å². The summed E-state index contributed by atoms with van der Waals surface area (Å²) in [6.07, 6.45) is 3.79. The quantitative estimate of drug-likeness (QED) is 0.0349. The van der Waals surface area contributed by atoms with Gasteiger partial charge in [0, 0.05) is 31.8 Å². The van der Waals surface area contributed by atoms with Gasteiger partial charge in [0.05, 0.1) is 12.9 Å². The third-order valence-corrected chi connectivity index (χ3v) is 7.11. The fourth-order valence-corrected chi connectivity index (χ4v) is 4.72. The Labute approximate surface area is 291 Å². The Morgan fingerprint density at radius 1 is 0.800 bits per heavy atom. The van der Waals surface area contributed by atoms with Gasteiger partial charge in [0.1, 0.15) is 30.2 Å². The highest BCUT2D eigenvalue weighted by Crippen LogP contribution is 2.08. The van der Waals surface area contributed by atoms with E-state index in [-0.39, 0.29) is 56.4 Å². The van der Waals surface area contributed by atoms with E-state index in [0.717, 1.165) is 0 Å². The van der Waals surface area contributed by atoms with Crippen LogP contribution in [0.3, 0.4) is 0 Å². The van der Waals surface area contributed by atoms with E-state index >= 15 is 0 Å². The van der Waals surface area contributed by atoms with Gasteiger partial charge in [-0.05, 0) is 44.4 Å². The Balaban J connectivity index is 2.85. The van der Waals surface area contributed by atoms with Gasteiger partial charge in [0.2, 0.25) is 35.4 Å². The molecule has 0 unspecified atom stereocenters. The number of hydrogen-bond donors (Lipinski definition) is 10. The number of carbonyl (C=O) groups is 7. The molecular formula is C31H53N11O8. The van der Waals surface area contributed by atoms with Gasteiger partial charge < -0.3 is 53.5 Å². The largest absolute Gasteiger partial charge is 0.480 e. The molecule has 1 rings (SSSR count). The number of hydrogen-bond acceptors (Lipinski definition) is 9. The van der Waals surface area contributed by atoms with Crippen LogP contribution in [0.25, 0.3) is 0 Å². The van der Waals surface area contributed by atoms with Crippen molar-refractivity contribution in [1.82, 2.24) is 41.9 Å². The zero-order valence-electron chi connectivity index (χ0n) is 29.5. The third kappa shape index (κ3) is 17.3. The summed E-state index contributed by atoms with van der Waals surface area (Å²) >= 11 is 0. The molecule has 19 heteroatoms. The van der Waals surface area contributed by atoms with Gasteiger partial charge in [0.15, 0.2) is 5.96 Å². The monoisotopic (exact) mass is 707 g/mol. The Hall–Kier alpha value is -5.23. The van der Waals surface area contributed by atoms with E-state index in [4.69, 9.17) is 11.5 Å². The van der Waals surface area contributed by atoms with Crippen LogP contribution >= 0.6 is 0 Å². The number of aliphatic carboxylic acids is 1. The lowest BCUT2D eigenvalue weighted by atomic mass is 10.0. The molecule has 1 aromatic rings. The number of amides is 6. The second-order valence-electron chi connectivity index (χ2n) is 12.8. The summed E-state index contributed by atoms with van der Waals surface area (Å²) in [4.78, 5) is 99.0. The second kappa shape index (κ2) is 21.7. The van der Waals surface area contributed by atoms with Crippen molar-refractivity contribution in [1.29, 1.82) is 0 Å². The minimum absolute atomic E-state index is 0.0273. The molecule has 0 radical (unpaired) electrons. The maximum absolute atomic E-state index is 13.2. The maximum Gasteiger partial charge on any atom is 0.326 e. The molecule has 0 aliphatic heterocycles. The van der Waals surface area contributed by atoms with Crippen LogP contribution in [-0.2, 0) is 40.0 Å². The van der Waals surface area contributed by atoms with Gasteiger partial charge in [0.25, 0.3) is 0 Å².